The maximum atomic E-state index is 8.78. The van der Waals surface area contributed by atoms with Crippen molar-refractivity contribution in [1.29, 1.82) is 0 Å². The highest BCUT2D eigenvalue weighted by atomic mass is 16.5. The summed E-state index contributed by atoms with van der Waals surface area (Å²) in [6.07, 6.45) is 2.89. The SMILES string of the molecule is COc1cnccc1B(O)O.O.O. The molecule has 0 amide bonds. The molecule has 1 aromatic rings. The fourth-order valence-corrected chi connectivity index (χ4v) is 0.775. The highest BCUT2D eigenvalue weighted by molar-refractivity contribution is 6.59. The Balaban J connectivity index is 0. The van der Waals surface area contributed by atoms with Gasteiger partial charge in [0.15, 0.2) is 0 Å². The molecule has 0 aliphatic rings. The van der Waals surface area contributed by atoms with Gasteiger partial charge in [-0.05, 0) is 6.07 Å². The van der Waals surface area contributed by atoms with Crippen LogP contribution in [0.3, 0.4) is 0 Å². The Bertz CT molecular complexity index is 244. The van der Waals surface area contributed by atoms with Gasteiger partial charge in [-0.3, -0.25) is 4.98 Å². The zero-order valence-corrected chi connectivity index (χ0v) is 7.06. The molecule has 0 aliphatic heterocycles. The quantitative estimate of drug-likeness (QED) is 0.484. The average molecular weight is 189 g/mol. The van der Waals surface area contributed by atoms with E-state index in [2.05, 4.69) is 4.98 Å². The van der Waals surface area contributed by atoms with E-state index in [1.54, 1.807) is 0 Å². The summed E-state index contributed by atoms with van der Waals surface area (Å²) in [6.45, 7) is 0. The molecule has 0 saturated heterocycles. The predicted molar refractivity (Wildman–Crippen MR) is 47.8 cm³/mol. The first-order chi connectivity index (χ1) is 5.25. The lowest BCUT2D eigenvalue weighted by Gasteiger charge is -2.04. The lowest BCUT2D eigenvalue weighted by molar-refractivity contribution is 0.402. The number of ether oxygens (including phenoxy) is 1. The molecule has 1 rings (SSSR count). The van der Waals surface area contributed by atoms with Gasteiger partial charge in [-0.25, -0.2) is 0 Å². The van der Waals surface area contributed by atoms with Crippen molar-refractivity contribution in [2.75, 3.05) is 7.11 Å². The normalized spacial score (nSPS) is 7.92. The van der Waals surface area contributed by atoms with Crippen molar-refractivity contribution >= 4 is 12.6 Å². The lowest BCUT2D eigenvalue weighted by Crippen LogP contribution is -2.31. The molecule has 0 saturated carbocycles. The smallest absolute Gasteiger partial charge is 0.492 e. The van der Waals surface area contributed by atoms with Crippen LogP contribution in [0.1, 0.15) is 0 Å². The highest BCUT2D eigenvalue weighted by Crippen LogP contribution is 2.02. The summed E-state index contributed by atoms with van der Waals surface area (Å²) in [5.41, 5.74) is 0.322. The maximum absolute atomic E-state index is 8.78. The van der Waals surface area contributed by atoms with Crippen LogP contribution in [0.4, 0.5) is 0 Å². The maximum Gasteiger partial charge on any atom is 0.492 e. The number of hydrogen-bond acceptors (Lipinski definition) is 4. The summed E-state index contributed by atoms with van der Waals surface area (Å²) in [5, 5.41) is 17.6. The van der Waals surface area contributed by atoms with Gasteiger partial charge in [0.2, 0.25) is 0 Å². The van der Waals surface area contributed by atoms with Crippen molar-refractivity contribution in [1.82, 2.24) is 4.98 Å². The number of nitrogens with zero attached hydrogens (tertiary/aromatic N) is 1. The van der Waals surface area contributed by atoms with Gasteiger partial charge in [0, 0.05) is 11.7 Å². The first-order valence-electron chi connectivity index (χ1n) is 3.09. The topological polar surface area (TPSA) is 126 Å². The van der Waals surface area contributed by atoms with Gasteiger partial charge < -0.3 is 25.7 Å². The third-order valence-electron chi connectivity index (χ3n) is 1.31. The minimum absolute atomic E-state index is 0. The van der Waals surface area contributed by atoms with E-state index in [1.807, 2.05) is 0 Å². The van der Waals surface area contributed by atoms with Crippen LogP contribution in [-0.4, -0.2) is 40.2 Å². The number of hydrogen-bond donors (Lipinski definition) is 2. The summed E-state index contributed by atoms with van der Waals surface area (Å²) < 4.78 is 4.82. The van der Waals surface area contributed by atoms with Crippen LogP contribution < -0.4 is 10.2 Å². The molecular weight excluding hydrogens is 177 g/mol. The molecule has 6 N–H and O–H groups in total. The van der Waals surface area contributed by atoms with E-state index >= 15 is 0 Å². The molecule has 6 nitrogen and oxygen atoms in total. The van der Waals surface area contributed by atoms with E-state index < -0.39 is 7.12 Å². The molecule has 0 aliphatic carbocycles. The predicted octanol–water partition coefficient (Wildman–Crippen LogP) is -2.88. The molecule has 0 unspecified atom stereocenters. The highest BCUT2D eigenvalue weighted by Gasteiger charge is 2.15. The summed E-state index contributed by atoms with van der Waals surface area (Å²) in [5.74, 6) is 0.377. The molecule has 0 fully saturated rings. The Morgan fingerprint density at radius 3 is 2.38 bits per heavy atom. The standard InChI is InChI=1S/C6H8BNO3.2H2O/c1-11-6-4-8-3-2-5(6)7(9)10;;/h2-4,9-10H,1H3;2*1H2. The monoisotopic (exact) mass is 189 g/mol. The first-order valence-corrected chi connectivity index (χ1v) is 3.09. The van der Waals surface area contributed by atoms with Gasteiger partial charge in [-0.2, -0.15) is 0 Å². The Morgan fingerprint density at radius 1 is 1.38 bits per heavy atom. The molecule has 1 heterocycles. The van der Waals surface area contributed by atoms with E-state index in [4.69, 9.17) is 14.8 Å². The van der Waals surface area contributed by atoms with Gasteiger partial charge >= 0.3 is 7.12 Å². The molecule has 13 heavy (non-hydrogen) atoms. The summed E-state index contributed by atoms with van der Waals surface area (Å²) in [6, 6.07) is 1.49. The van der Waals surface area contributed by atoms with E-state index in [0.717, 1.165) is 0 Å². The molecule has 7 heteroatoms. The molecule has 0 bridgehead atoms. The second-order valence-electron chi connectivity index (χ2n) is 1.99. The molecule has 1 aromatic heterocycles. The van der Waals surface area contributed by atoms with Crippen LogP contribution in [0.2, 0.25) is 0 Å². The second-order valence-corrected chi connectivity index (χ2v) is 1.99. The van der Waals surface area contributed by atoms with Crippen LogP contribution in [0.25, 0.3) is 0 Å². The van der Waals surface area contributed by atoms with Crippen molar-refractivity contribution in [3.8, 4) is 5.75 Å². The van der Waals surface area contributed by atoms with Crippen molar-refractivity contribution in [3.63, 3.8) is 0 Å². The number of aromatic nitrogens is 1. The van der Waals surface area contributed by atoms with Gasteiger partial charge in [0.05, 0.1) is 13.3 Å². The summed E-state index contributed by atoms with van der Waals surface area (Å²) in [7, 11) is -0.0592. The summed E-state index contributed by atoms with van der Waals surface area (Å²) in [4.78, 5) is 3.75. The average Bonchev–Trinajstić information content (AvgIpc) is 2.04. The van der Waals surface area contributed by atoms with Crippen LogP contribution in [0.15, 0.2) is 18.5 Å². The van der Waals surface area contributed by atoms with Crippen LogP contribution in [0.5, 0.6) is 5.75 Å². The number of rotatable bonds is 2. The van der Waals surface area contributed by atoms with Crippen LogP contribution in [-0.2, 0) is 0 Å². The summed E-state index contributed by atoms with van der Waals surface area (Å²) >= 11 is 0. The van der Waals surface area contributed by atoms with Gasteiger partial charge in [0.25, 0.3) is 0 Å². The van der Waals surface area contributed by atoms with E-state index in [9.17, 15) is 0 Å². The van der Waals surface area contributed by atoms with Gasteiger partial charge in [-0.15, -0.1) is 0 Å². The van der Waals surface area contributed by atoms with Crippen LogP contribution in [0, 0.1) is 0 Å². The largest absolute Gasteiger partial charge is 0.496 e. The first kappa shape index (κ1) is 14.4. The molecule has 0 radical (unpaired) electrons. The Labute approximate surface area is 75.6 Å². The molecule has 0 spiro atoms. The fraction of sp³-hybridized carbons (Fsp3) is 0.167. The number of pyridine rings is 1. The third kappa shape index (κ3) is 3.39. The zero-order valence-electron chi connectivity index (χ0n) is 7.06. The molecule has 74 valence electrons. The van der Waals surface area contributed by atoms with E-state index in [-0.39, 0.29) is 11.0 Å². The van der Waals surface area contributed by atoms with Crippen LogP contribution >= 0.6 is 0 Å². The minimum atomic E-state index is -1.51. The minimum Gasteiger partial charge on any atom is -0.496 e. The van der Waals surface area contributed by atoms with Gasteiger partial charge in [-0.1, -0.05) is 0 Å². The van der Waals surface area contributed by atoms with Crippen molar-refractivity contribution in [3.05, 3.63) is 18.5 Å². The second kappa shape index (κ2) is 6.38. The Hall–Kier alpha value is -1.15. The zero-order chi connectivity index (χ0) is 8.27. The molecule has 0 aromatic carbocycles. The third-order valence-corrected chi connectivity index (χ3v) is 1.31. The fourth-order valence-electron chi connectivity index (χ4n) is 0.775. The number of methoxy groups -OCH3 is 1. The van der Waals surface area contributed by atoms with Crippen molar-refractivity contribution in [2.45, 2.75) is 0 Å². The molecular formula is C6H12BNO5. The van der Waals surface area contributed by atoms with Gasteiger partial charge in [0.1, 0.15) is 5.75 Å². The Kier molecular flexibility index (Phi) is 7.06. The van der Waals surface area contributed by atoms with Crippen molar-refractivity contribution < 1.29 is 25.7 Å². The van der Waals surface area contributed by atoms with Crippen molar-refractivity contribution in [2.24, 2.45) is 0 Å². The lowest BCUT2D eigenvalue weighted by atomic mass is 9.80. The van der Waals surface area contributed by atoms with E-state index in [1.165, 1.54) is 25.6 Å². The van der Waals surface area contributed by atoms with E-state index in [0.29, 0.717) is 11.2 Å². The Morgan fingerprint density at radius 2 is 2.00 bits per heavy atom. The molecule has 0 atom stereocenters.